The van der Waals surface area contributed by atoms with Crippen molar-refractivity contribution in [3.63, 3.8) is 0 Å². The van der Waals surface area contributed by atoms with Gasteiger partial charge >= 0.3 is 0 Å². The summed E-state index contributed by atoms with van der Waals surface area (Å²) in [5.74, 6) is 0. The summed E-state index contributed by atoms with van der Waals surface area (Å²) < 4.78 is 27.5. The van der Waals surface area contributed by atoms with E-state index in [4.69, 9.17) is 5.73 Å². The van der Waals surface area contributed by atoms with Gasteiger partial charge in [0.15, 0.2) is 0 Å². The maximum atomic E-state index is 12.5. The molecule has 1 heterocycles. The third-order valence-corrected chi connectivity index (χ3v) is 5.89. The first-order valence-electron chi connectivity index (χ1n) is 8.26. The molecule has 2 aromatic carbocycles. The van der Waals surface area contributed by atoms with Gasteiger partial charge < -0.3 is 5.73 Å². The second-order valence-corrected chi connectivity index (χ2v) is 8.02. The number of nitrogens with zero attached hydrogens (tertiary/aromatic N) is 3. The van der Waals surface area contributed by atoms with Crippen LogP contribution in [-0.4, -0.2) is 23.4 Å². The van der Waals surface area contributed by atoms with E-state index < -0.39 is 10.0 Å². The fourth-order valence-electron chi connectivity index (χ4n) is 3.15. The highest BCUT2D eigenvalue weighted by Crippen LogP contribution is 2.29. The molecule has 0 radical (unpaired) electrons. The van der Waals surface area contributed by atoms with Crippen molar-refractivity contribution in [2.45, 2.75) is 36.6 Å². The van der Waals surface area contributed by atoms with Gasteiger partial charge in [0, 0.05) is 5.69 Å². The van der Waals surface area contributed by atoms with Crippen molar-refractivity contribution >= 4 is 32.4 Å². The zero-order valence-corrected chi connectivity index (χ0v) is 14.4. The van der Waals surface area contributed by atoms with Crippen LogP contribution in [0.15, 0.2) is 47.4 Å². The SMILES string of the molecule is Nc1ccc(S(=O)(=O)Nc2ccc3nn(C4CCCC4)nc3c2)cc1. The molecule has 130 valence electrons. The van der Waals surface area contributed by atoms with Crippen LogP contribution in [0.5, 0.6) is 0 Å². The normalized spacial score (nSPS) is 15.7. The number of rotatable bonds is 4. The Morgan fingerprint density at radius 3 is 2.40 bits per heavy atom. The summed E-state index contributed by atoms with van der Waals surface area (Å²) in [7, 11) is -3.67. The van der Waals surface area contributed by atoms with Crippen molar-refractivity contribution in [2.75, 3.05) is 10.5 Å². The first-order chi connectivity index (χ1) is 12.0. The molecular formula is C17H19N5O2S. The van der Waals surface area contributed by atoms with Gasteiger partial charge in [-0.15, -0.1) is 0 Å². The molecule has 1 aromatic heterocycles. The van der Waals surface area contributed by atoms with E-state index in [2.05, 4.69) is 14.9 Å². The smallest absolute Gasteiger partial charge is 0.261 e. The van der Waals surface area contributed by atoms with Crippen LogP contribution in [-0.2, 0) is 10.0 Å². The summed E-state index contributed by atoms with van der Waals surface area (Å²) in [5, 5.41) is 9.04. The quantitative estimate of drug-likeness (QED) is 0.699. The Kier molecular flexibility index (Phi) is 3.84. The molecule has 0 aliphatic heterocycles. The van der Waals surface area contributed by atoms with Crippen LogP contribution < -0.4 is 10.5 Å². The van der Waals surface area contributed by atoms with Gasteiger partial charge in [-0.25, -0.2) is 8.42 Å². The van der Waals surface area contributed by atoms with Crippen molar-refractivity contribution < 1.29 is 8.42 Å². The molecule has 1 saturated carbocycles. The van der Waals surface area contributed by atoms with Gasteiger partial charge in [-0.3, -0.25) is 4.72 Å². The van der Waals surface area contributed by atoms with Gasteiger partial charge in [-0.2, -0.15) is 15.0 Å². The summed E-state index contributed by atoms with van der Waals surface area (Å²) in [6, 6.07) is 11.6. The van der Waals surface area contributed by atoms with Gasteiger partial charge in [0.05, 0.1) is 16.6 Å². The minimum absolute atomic E-state index is 0.163. The number of hydrogen-bond donors (Lipinski definition) is 2. The van der Waals surface area contributed by atoms with Gasteiger partial charge in [0.25, 0.3) is 10.0 Å². The fourth-order valence-corrected chi connectivity index (χ4v) is 4.20. The number of sulfonamides is 1. The van der Waals surface area contributed by atoms with E-state index in [1.165, 1.54) is 25.0 Å². The number of nitrogens with one attached hydrogen (secondary N) is 1. The highest BCUT2D eigenvalue weighted by molar-refractivity contribution is 7.92. The molecule has 0 bridgehead atoms. The summed E-state index contributed by atoms with van der Waals surface area (Å²) in [5.41, 5.74) is 8.04. The number of hydrogen-bond acceptors (Lipinski definition) is 5. The molecule has 1 aliphatic rings. The summed E-state index contributed by atoms with van der Waals surface area (Å²) in [6.07, 6.45) is 4.60. The first-order valence-corrected chi connectivity index (χ1v) is 9.74. The van der Waals surface area contributed by atoms with Crippen LogP contribution in [0, 0.1) is 0 Å². The standard InChI is InChI=1S/C17H19N5O2S/c18-12-5-8-15(9-6-12)25(23,24)21-13-7-10-16-17(11-13)20-22(19-16)14-3-1-2-4-14/h5-11,14,21H,1-4,18H2. The number of nitrogens with two attached hydrogens (primary N) is 1. The Hall–Kier alpha value is -2.61. The average molecular weight is 357 g/mol. The molecule has 0 spiro atoms. The lowest BCUT2D eigenvalue weighted by Gasteiger charge is -2.08. The van der Waals surface area contributed by atoms with Gasteiger partial charge in [0.1, 0.15) is 11.0 Å². The Morgan fingerprint density at radius 2 is 1.68 bits per heavy atom. The Bertz CT molecular complexity index is 1010. The van der Waals surface area contributed by atoms with Crippen LogP contribution in [0.25, 0.3) is 11.0 Å². The summed E-state index contributed by atoms with van der Waals surface area (Å²) in [4.78, 5) is 1.94. The molecule has 1 aliphatic carbocycles. The average Bonchev–Trinajstić information content (AvgIpc) is 3.23. The lowest BCUT2D eigenvalue weighted by Crippen LogP contribution is -2.12. The van der Waals surface area contributed by atoms with E-state index in [-0.39, 0.29) is 4.90 Å². The van der Waals surface area contributed by atoms with Gasteiger partial charge in [-0.05, 0) is 55.3 Å². The molecule has 25 heavy (non-hydrogen) atoms. The minimum Gasteiger partial charge on any atom is -0.399 e. The maximum Gasteiger partial charge on any atom is 0.261 e. The molecular weight excluding hydrogens is 338 g/mol. The number of benzene rings is 2. The minimum atomic E-state index is -3.67. The second kappa shape index (κ2) is 6.03. The van der Waals surface area contributed by atoms with Crippen molar-refractivity contribution in [1.82, 2.24) is 15.0 Å². The Labute approximate surface area is 145 Å². The van der Waals surface area contributed by atoms with E-state index in [9.17, 15) is 8.42 Å². The molecule has 0 saturated heterocycles. The highest BCUT2D eigenvalue weighted by Gasteiger charge is 2.20. The maximum absolute atomic E-state index is 12.5. The Morgan fingerprint density at radius 1 is 1.00 bits per heavy atom. The van der Waals surface area contributed by atoms with Crippen molar-refractivity contribution in [3.8, 4) is 0 Å². The monoisotopic (exact) mass is 357 g/mol. The van der Waals surface area contributed by atoms with Crippen molar-refractivity contribution in [1.29, 1.82) is 0 Å². The third kappa shape index (κ3) is 3.17. The topological polar surface area (TPSA) is 103 Å². The number of nitrogen functional groups attached to an aromatic ring is 1. The van der Waals surface area contributed by atoms with E-state index in [0.717, 1.165) is 18.4 Å². The van der Waals surface area contributed by atoms with E-state index >= 15 is 0 Å². The lowest BCUT2D eigenvalue weighted by atomic mass is 10.3. The molecule has 3 N–H and O–H groups in total. The largest absolute Gasteiger partial charge is 0.399 e. The fraction of sp³-hybridized carbons (Fsp3) is 0.294. The molecule has 0 atom stereocenters. The predicted molar refractivity (Wildman–Crippen MR) is 96.7 cm³/mol. The van der Waals surface area contributed by atoms with Gasteiger partial charge in [-0.1, -0.05) is 12.8 Å². The second-order valence-electron chi connectivity index (χ2n) is 6.34. The lowest BCUT2D eigenvalue weighted by molar-refractivity contribution is 0.418. The molecule has 1 fully saturated rings. The van der Waals surface area contributed by atoms with Crippen LogP contribution >= 0.6 is 0 Å². The third-order valence-electron chi connectivity index (χ3n) is 4.49. The van der Waals surface area contributed by atoms with Crippen molar-refractivity contribution in [2.24, 2.45) is 0 Å². The molecule has 7 nitrogen and oxygen atoms in total. The van der Waals surface area contributed by atoms with E-state index in [1.807, 2.05) is 0 Å². The van der Waals surface area contributed by atoms with Gasteiger partial charge in [0.2, 0.25) is 0 Å². The molecule has 4 rings (SSSR count). The number of fused-ring (bicyclic) bond motifs is 1. The number of aromatic nitrogens is 3. The highest BCUT2D eigenvalue weighted by atomic mass is 32.2. The predicted octanol–water partition coefficient (Wildman–Crippen LogP) is 2.93. The molecule has 3 aromatic rings. The summed E-state index contributed by atoms with van der Waals surface area (Å²) in [6.45, 7) is 0. The first kappa shape index (κ1) is 15.9. The molecule has 0 unspecified atom stereocenters. The Balaban J connectivity index is 1.61. The van der Waals surface area contributed by atoms with Crippen LogP contribution in [0.3, 0.4) is 0 Å². The van der Waals surface area contributed by atoms with E-state index in [0.29, 0.717) is 22.9 Å². The van der Waals surface area contributed by atoms with Crippen LogP contribution in [0.4, 0.5) is 11.4 Å². The summed E-state index contributed by atoms with van der Waals surface area (Å²) >= 11 is 0. The van der Waals surface area contributed by atoms with E-state index in [1.54, 1.807) is 35.1 Å². The molecule has 8 heteroatoms. The van der Waals surface area contributed by atoms with Crippen molar-refractivity contribution in [3.05, 3.63) is 42.5 Å². The van der Waals surface area contributed by atoms with Crippen LogP contribution in [0.1, 0.15) is 31.7 Å². The zero-order chi connectivity index (χ0) is 17.4. The van der Waals surface area contributed by atoms with Crippen LogP contribution in [0.2, 0.25) is 0 Å². The molecule has 0 amide bonds. The number of anilines is 2. The zero-order valence-electron chi connectivity index (χ0n) is 13.6.